The second kappa shape index (κ2) is 5.23. The summed E-state index contributed by atoms with van der Waals surface area (Å²) in [7, 11) is 0. The minimum atomic E-state index is 0.227. The van der Waals surface area contributed by atoms with Crippen LogP contribution >= 0.6 is 0 Å². The molecule has 1 aromatic carbocycles. The van der Waals surface area contributed by atoms with Crippen molar-refractivity contribution in [2.24, 2.45) is 5.73 Å². The van der Waals surface area contributed by atoms with Gasteiger partial charge in [0.2, 0.25) is 5.95 Å². The summed E-state index contributed by atoms with van der Waals surface area (Å²) in [5.74, 6) is 2.68. The van der Waals surface area contributed by atoms with E-state index in [0.29, 0.717) is 6.61 Å². The Morgan fingerprint density at radius 2 is 2.12 bits per heavy atom. The van der Waals surface area contributed by atoms with E-state index in [9.17, 15) is 0 Å². The number of aryl methyl sites for hydroxylation is 2. The maximum Gasteiger partial charge on any atom is 0.206 e. The number of hydrogen-bond donors (Lipinski definition) is 1. The molecule has 1 saturated heterocycles. The molecule has 2 aliphatic heterocycles. The first kappa shape index (κ1) is 14.8. The van der Waals surface area contributed by atoms with E-state index >= 15 is 0 Å². The lowest BCUT2D eigenvalue weighted by Crippen LogP contribution is -2.29. The van der Waals surface area contributed by atoms with E-state index in [2.05, 4.69) is 26.8 Å². The summed E-state index contributed by atoms with van der Waals surface area (Å²) in [6, 6.07) is 4.35. The van der Waals surface area contributed by atoms with Crippen molar-refractivity contribution < 1.29 is 9.26 Å². The van der Waals surface area contributed by atoms with Gasteiger partial charge in [-0.25, -0.2) is 4.98 Å². The standard InChI is InChI=1S/C18H21N5O2/c1-10-15(11(2)25-21-10)13-3-4-14-16-17(13)24-8-7-23(16)18(20-14)22-6-5-12(19)9-22/h3-4,12H,5-9,19H2,1-2H3. The fourth-order valence-corrected chi connectivity index (χ4v) is 4.05. The van der Waals surface area contributed by atoms with Gasteiger partial charge in [0.05, 0.1) is 23.3 Å². The van der Waals surface area contributed by atoms with Gasteiger partial charge in [0.25, 0.3) is 0 Å². The highest BCUT2D eigenvalue weighted by atomic mass is 16.5. The van der Waals surface area contributed by atoms with Gasteiger partial charge in [-0.2, -0.15) is 0 Å². The Kier molecular flexibility index (Phi) is 3.09. The molecule has 130 valence electrons. The largest absolute Gasteiger partial charge is 0.489 e. The number of nitrogens with two attached hydrogens (primary N) is 1. The highest BCUT2D eigenvalue weighted by molar-refractivity contribution is 5.93. The molecule has 0 spiro atoms. The Morgan fingerprint density at radius 1 is 1.24 bits per heavy atom. The lowest BCUT2D eigenvalue weighted by Gasteiger charge is -2.23. The van der Waals surface area contributed by atoms with Gasteiger partial charge in [-0.05, 0) is 32.4 Å². The Balaban J connectivity index is 1.73. The van der Waals surface area contributed by atoms with Crippen molar-refractivity contribution in [3.63, 3.8) is 0 Å². The van der Waals surface area contributed by atoms with E-state index in [1.165, 1.54) is 0 Å². The molecule has 0 aliphatic carbocycles. The summed E-state index contributed by atoms with van der Waals surface area (Å²) in [5.41, 5.74) is 11.0. The molecule has 1 unspecified atom stereocenters. The molecule has 4 heterocycles. The molecule has 7 heteroatoms. The van der Waals surface area contributed by atoms with E-state index in [1.54, 1.807) is 0 Å². The minimum Gasteiger partial charge on any atom is -0.489 e. The first-order valence-corrected chi connectivity index (χ1v) is 8.73. The zero-order valence-corrected chi connectivity index (χ0v) is 14.5. The normalized spacial score (nSPS) is 19.6. The molecule has 0 amide bonds. The molecule has 2 aromatic heterocycles. The van der Waals surface area contributed by atoms with Crippen LogP contribution in [0.3, 0.4) is 0 Å². The smallest absolute Gasteiger partial charge is 0.206 e. The highest BCUT2D eigenvalue weighted by Crippen LogP contribution is 2.42. The van der Waals surface area contributed by atoms with E-state index in [-0.39, 0.29) is 6.04 Å². The average molecular weight is 339 g/mol. The summed E-state index contributed by atoms with van der Waals surface area (Å²) in [6.07, 6.45) is 1.01. The topological polar surface area (TPSA) is 82.3 Å². The Bertz CT molecular complexity index is 954. The molecule has 0 radical (unpaired) electrons. The maximum atomic E-state index is 6.09. The van der Waals surface area contributed by atoms with Gasteiger partial charge in [-0.3, -0.25) is 0 Å². The first-order valence-electron chi connectivity index (χ1n) is 8.73. The Morgan fingerprint density at radius 3 is 2.84 bits per heavy atom. The second-order valence-corrected chi connectivity index (χ2v) is 6.92. The maximum absolute atomic E-state index is 6.09. The Labute approximate surface area is 145 Å². The number of nitrogens with zero attached hydrogens (tertiary/aromatic N) is 4. The van der Waals surface area contributed by atoms with Gasteiger partial charge in [-0.1, -0.05) is 5.16 Å². The molecule has 5 rings (SSSR count). The number of imidazole rings is 1. The van der Waals surface area contributed by atoms with Gasteiger partial charge in [0, 0.05) is 24.7 Å². The number of rotatable bonds is 2. The number of benzene rings is 1. The molecule has 1 atom stereocenters. The van der Waals surface area contributed by atoms with Crippen LogP contribution in [-0.2, 0) is 6.54 Å². The fraction of sp³-hybridized carbons (Fsp3) is 0.444. The zero-order valence-electron chi connectivity index (χ0n) is 14.5. The van der Waals surface area contributed by atoms with Crippen molar-refractivity contribution in [2.45, 2.75) is 32.9 Å². The molecule has 0 saturated carbocycles. The van der Waals surface area contributed by atoms with E-state index in [1.807, 2.05) is 13.8 Å². The van der Waals surface area contributed by atoms with Crippen molar-refractivity contribution in [1.29, 1.82) is 0 Å². The van der Waals surface area contributed by atoms with Crippen molar-refractivity contribution in [1.82, 2.24) is 14.7 Å². The summed E-state index contributed by atoms with van der Waals surface area (Å²) < 4.78 is 13.7. The molecule has 25 heavy (non-hydrogen) atoms. The number of aromatic nitrogens is 3. The van der Waals surface area contributed by atoms with Crippen LogP contribution in [0.5, 0.6) is 5.75 Å². The van der Waals surface area contributed by atoms with E-state index in [0.717, 1.165) is 71.4 Å². The number of hydrogen-bond acceptors (Lipinski definition) is 6. The molecular weight excluding hydrogens is 318 g/mol. The van der Waals surface area contributed by atoms with Gasteiger partial charge in [0.15, 0.2) is 5.75 Å². The number of ether oxygens (including phenoxy) is 1. The molecular formula is C18H21N5O2. The Hall–Kier alpha value is -2.54. The highest BCUT2D eigenvalue weighted by Gasteiger charge is 2.29. The van der Waals surface area contributed by atoms with Crippen LogP contribution in [0.25, 0.3) is 22.2 Å². The molecule has 7 nitrogen and oxygen atoms in total. The SMILES string of the molecule is Cc1noc(C)c1-c1ccc2nc(N3CCC(N)C3)n3c2c1OCC3. The van der Waals surface area contributed by atoms with Crippen molar-refractivity contribution in [2.75, 3.05) is 24.6 Å². The quantitative estimate of drug-likeness (QED) is 0.771. The van der Waals surface area contributed by atoms with Crippen LogP contribution in [0.2, 0.25) is 0 Å². The summed E-state index contributed by atoms with van der Waals surface area (Å²) in [6.45, 7) is 7.14. The third-order valence-electron chi connectivity index (χ3n) is 5.21. The lowest BCUT2D eigenvalue weighted by atomic mass is 10.0. The van der Waals surface area contributed by atoms with Gasteiger partial charge in [-0.15, -0.1) is 0 Å². The third kappa shape index (κ3) is 2.08. The second-order valence-electron chi connectivity index (χ2n) is 6.92. The average Bonchev–Trinajstić information content (AvgIpc) is 3.28. The van der Waals surface area contributed by atoms with Crippen LogP contribution in [-0.4, -0.2) is 40.4 Å². The van der Waals surface area contributed by atoms with E-state index < -0.39 is 0 Å². The van der Waals surface area contributed by atoms with Crippen molar-refractivity contribution in [3.05, 3.63) is 23.6 Å². The third-order valence-corrected chi connectivity index (χ3v) is 5.21. The van der Waals surface area contributed by atoms with E-state index in [4.69, 9.17) is 20.0 Å². The van der Waals surface area contributed by atoms with Crippen LogP contribution in [0.4, 0.5) is 5.95 Å². The predicted molar refractivity (Wildman–Crippen MR) is 95.0 cm³/mol. The summed E-state index contributed by atoms with van der Waals surface area (Å²) in [4.78, 5) is 7.17. The summed E-state index contributed by atoms with van der Waals surface area (Å²) in [5, 5.41) is 4.09. The van der Waals surface area contributed by atoms with Gasteiger partial charge >= 0.3 is 0 Å². The molecule has 0 bridgehead atoms. The van der Waals surface area contributed by atoms with Crippen LogP contribution in [0, 0.1) is 13.8 Å². The van der Waals surface area contributed by atoms with Gasteiger partial charge < -0.3 is 24.5 Å². The van der Waals surface area contributed by atoms with Crippen molar-refractivity contribution >= 4 is 17.0 Å². The fourth-order valence-electron chi connectivity index (χ4n) is 4.05. The van der Waals surface area contributed by atoms with Crippen LogP contribution in [0.1, 0.15) is 17.9 Å². The molecule has 3 aromatic rings. The van der Waals surface area contributed by atoms with Crippen LogP contribution in [0.15, 0.2) is 16.7 Å². The predicted octanol–water partition coefficient (Wildman–Crippen LogP) is 2.24. The van der Waals surface area contributed by atoms with Gasteiger partial charge in [0.1, 0.15) is 17.9 Å². The molecule has 2 aliphatic rings. The monoisotopic (exact) mass is 339 g/mol. The lowest BCUT2D eigenvalue weighted by molar-refractivity contribution is 0.288. The minimum absolute atomic E-state index is 0.227. The molecule has 1 fully saturated rings. The van der Waals surface area contributed by atoms with Crippen LogP contribution < -0.4 is 15.4 Å². The first-order chi connectivity index (χ1) is 12.1. The summed E-state index contributed by atoms with van der Waals surface area (Å²) >= 11 is 0. The van der Waals surface area contributed by atoms with Crippen molar-refractivity contribution in [3.8, 4) is 16.9 Å². The number of anilines is 1. The molecule has 2 N–H and O–H groups in total. The zero-order chi connectivity index (χ0) is 17.1.